The van der Waals surface area contributed by atoms with E-state index in [0.717, 1.165) is 0 Å². The van der Waals surface area contributed by atoms with E-state index in [1.807, 2.05) is 0 Å². The molecule has 0 aliphatic carbocycles. The standard InChI is InChI=1S/C9H9N5O2/c10-8-6(2-1-3-11-8)9(15)12-4-7-13-5-16-14-7/h1-3,5H,4H2,(H2,10,11)(H,12,15). The lowest BCUT2D eigenvalue weighted by atomic mass is 10.2. The summed E-state index contributed by atoms with van der Waals surface area (Å²) >= 11 is 0. The minimum absolute atomic E-state index is 0.184. The van der Waals surface area contributed by atoms with Crippen molar-refractivity contribution >= 4 is 11.7 Å². The number of carbonyl (C=O) groups excluding carboxylic acids is 1. The monoisotopic (exact) mass is 219 g/mol. The molecule has 16 heavy (non-hydrogen) atoms. The van der Waals surface area contributed by atoms with Crippen molar-refractivity contribution in [3.8, 4) is 0 Å². The molecule has 0 aromatic carbocycles. The molecule has 1 amide bonds. The third-order valence-corrected chi connectivity index (χ3v) is 1.90. The van der Waals surface area contributed by atoms with Crippen LogP contribution in [0.3, 0.4) is 0 Å². The van der Waals surface area contributed by atoms with Gasteiger partial charge < -0.3 is 15.6 Å². The van der Waals surface area contributed by atoms with E-state index in [4.69, 9.17) is 5.73 Å². The Balaban J connectivity index is 2.01. The number of rotatable bonds is 3. The molecule has 0 fully saturated rings. The molecule has 2 heterocycles. The fourth-order valence-corrected chi connectivity index (χ4v) is 1.13. The van der Waals surface area contributed by atoms with Gasteiger partial charge in [0, 0.05) is 6.20 Å². The number of hydrogen-bond donors (Lipinski definition) is 2. The van der Waals surface area contributed by atoms with Crippen LogP contribution in [-0.2, 0) is 6.54 Å². The summed E-state index contributed by atoms with van der Waals surface area (Å²) in [7, 11) is 0. The van der Waals surface area contributed by atoms with Crippen LogP contribution in [0.25, 0.3) is 0 Å². The van der Waals surface area contributed by atoms with Gasteiger partial charge in [0.05, 0.1) is 12.1 Å². The lowest BCUT2D eigenvalue weighted by Crippen LogP contribution is -2.24. The molecule has 0 atom stereocenters. The first-order valence-corrected chi connectivity index (χ1v) is 4.51. The summed E-state index contributed by atoms with van der Waals surface area (Å²) < 4.78 is 4.53. The number of aromatic nitrogens is 3. The molecule has 0 aliphatic heterocycles. The Morgan fingerprint density at radius 2 is 2.38 bits per heavy atom. The fraction of sp³-hybridized carbons (Fsp3) is 0.111. The zero-order valence-electron chi connectivity index (χ0n) is 8.25. The fourth-order valence-electron chi connectivity index (χ4n) is 1.13. The van der Waals surface area contributed by atoms with Gasteiger partial charge in [-0.25, -0.2) is 4.98 Å². The molecular formula is C9H9N5O2. The summed E-state index contributed by atoms with van der Waals surface area (Å²) in [6, 6.07) is 3.23. The number of amides is 1. The van der Waals surface area contributed by atoms with Crippen LogP contribution < -0.4 is 11.1 Å². The summed E-state index contributed by atoms with van der Waals surface area (Å²) in [5, 5.41) is 6.15. The van der Waals surface area contributed by atoms with E-state index in [2.05, 4.69) is 25.0 Å². The predicted octanol–water partition coefficient (Wildman–Crippen LogP) is -0.0232. The first kappa shape index (κ1) is 10.1. The van der Waals surface area contributed by atoms with Crippen molar-refractivity contribution in [2.24, 2.45) is 0 Å². The summed E-state index contributed by atoms with van der Waals surface area (Å²) in [5.41, 5.74) is 5.87. The molecule has 7 heteroatoms. The van der Waals surface area contributed by atoms with Gasteiger partial charge in [-0.2, -0.15) is 4.98 Å². The van der Waals surface area contributed by atoms with Crippen molar-refractivity contribution < 1.29 is 9.32 Å². The number of pyridine rings is 1. The highest BCUT2D eigenvalue weighted by Gasteiger charge is 2.10. The van der Waals surface area contributed by atoms with Gasteiger partial charge in [0.15, 0.2) is 5.82 Å². The Kier molecular flexibility index (Phi) is 2.77. The molecule has 2 aromatic heterocycles. The largest absolute Gasteiger partial charge is 0.383 e. The lowest BCUT2D eigenvalue weighted by Gasteiger charge is -2.03. The van der Waals surface area contributed by atoms with Crippen LogP contribution >= 0.6 is 0 Å². The van der Waals surface area contributed by atoms with E-state index < -0.39 is 0 Å². The molecule has 0 unspecified atom stereocenters. The normalized spacial score (nSPS) is 10.0. The summed E-state index contributed by atoms with van der Waals surface area (Å²) in [6.07, 6.45) is 2.71. The van der Waals surface area contributed by atoms with Crippen molar-refractivity contribution in [2.45, 2.75) is 6.54 Å². The van der Waals surface area contributed by atoms with Gasteiger partial charge in [0.25, 0.3) is 5.91 Å². The lowest BCUT2D eigenvalue weighted by molar-refractivity contribution is 0.0950. The molecule has 2 rings (SSSR count). The molecule has 0 spiro atoms. The molecule has 2 aromatic rings. The van der Waals surface area contributed by atoms with Crippen LogP contribution in [0.4, 0.5) is 5.82 Å². The molecule has 3 N–H and O–H groups in total. The van der Waals surface area contributed by atoms with Gasteiger partial charge in [-0.3, -0.25) is 4.79 Å². The minimum Gasteiger partial charge on any atom is -0.383 e. The van der Waals surface area contributed by atoms with Gasteiger partial charge in [0.2, 0.25) is 6.39 Å². The number of anilines is 1. The topological polar surface area (TPSA) is 107 Å². The number of hydrogen-bond acceptors (Lipinski definition) is 6. The van der Waals surface area contributed by atoms with E-state index in [0.29, 0.717) is 11.4 Å². The number of carbonyl (C=O) groups is 1. The second-order valence-corrected chi connectivity index (χ2v) is 2.97. The molecule has 0 saturated heterocycles. The number of nitrogens with zero attached hydrogens (tertiary/aromatic N) is 3. The maximum absolute atomic E-state index is 11.6. The van der Waals surface area contributed by atoms with E-state index in [-0.39, 0.29) is 18.3 Å². The van der Waals surface area contributed by atoms with Crippen molar-refractivity contribution in [2.75, 3.05) is 5.73 Å². The highest BCUT2D eigenvalue weighted by Crippen LogP contribution is 2.06. The van der Waals surface area contributed by atoms with Gasteiger partial charge in [-0.15, -0.1) is 0 Å². The minimum atomic E-state index is -0.324. The van der Waals surface area contributed by atoms with Gasteiger partial charge in [-0.05, 0) is 12.1 Å². The maximum atomic E-state index is 11.6. The zero-order valence-corrected chi connectivity index (χ0v) is 8.25. The average Bonchev–Trinajstić information content (AvgIpc) is 2.79. The molecule has 0 bridgehead atoms. The van der Waals surface area contributed by atoms with E-state index in [1.165, 1.54) is 12.6 Å². The molecule has 0 saturated carbocycles. The molecular weight excluding hydrogens is 210 g/mol. The predicted molar refractivity (Wildman–Crippen MR) is 54.1 cm³/mol. The number of nitrogens with one attached hydrogen (secondary N) is 1. The Morgan fingerprint density at radius 1 is 1.50 bits per heavy atom. The third kappa shape index (κ3) is 2.14. The molecule has 7 nitrogen and oxygen atoms in total. The van der Waals surface area contributed by atoms with Crippen molar-refractivity contribution in [1.82, 2.24) is 20.4 Å². The van der Waals surface area contributed by atoms with Crippen molar-refractivity contribution in [3.63, 3.8) is 0 Å². The van der Waals surface area contributed by atoms with E-state index in [9.17, 15) is 4.79 Å². The van der Waals surface area contributed by atoms with Crippen LogP contribution in [0.15, 0.2) is 29.2 Å². The summed E-state index contributed by atoms with van der Waals surface area (Å²) in [6.45, 7) is 0.184. The molecule has 0 radical (unpaired) electrons. The first-order chi connectivity index (χ1) is 7.77. The highest BCUT2D eigenvalue weighted by molar-refractivity contribution is 5.98. The Labute approximate surface area is 90.7 Å². The van der Waals surface area contributed by atoms with E-state index >= 15 is 0 Å². The summed E-state index contributed by atoms with van der Waals surface area (Å²) in [4.78, 5) is 19.2. The quantitative estimate of drug-likeness (QED) is 0.751. The van der Waals surface area contributed by atoms with Gasteiger partial charge >= 0.3 is 0 Å². The Bertz CT molecular complexity index is 482. The zero-order chi connectivity index (χ0) is 11.4. The van der Waals surface area contributed by atoms with Crippen molar-refractivity contribution in [1.29, 1.82) is 0 Å². The van der Waals surface area contributed by atoms with Crippen LogP contribution in [0.5, 0.6) is 0 Å². The summed E-state index contributed by atoms with van der Waals surface area (Å²) in [5.74, 6) is 0.263. The number of nitrogens with two attached hydrogens (primary N) is 1. The second kappa shape index (κ2) is 4.39. The Hall–Kier alpha value is -2.44. The van der Waals surface area contributed by atoms with Crippen LogP contribution in [0.1, 0.15) is 16.2 Å². The molecule has 82 valence electrons. The first-order valence-electron chi connectivity index (χ1n) is 4.51. The van der Waals surface area contributed by atoms with Crippen LogP contribution in [0, 0.1) is 0 Å². The maximum Gasteiger partial charge on any atom is 0.255 e. The van der Waals surface area contributed by atoms with E-state index in [1.54, 1.807) is 12.1 Å². The average molecular weight is 219 g/mol. The smallest absolute Gasteiger partial charge is 0.255 e. The SMILES string of the molecule is Nc1ncccc1C(=O)NCc1ncon1. The highest BCUT2D eigenvalue weighted by atomic mass is 16.5. The second-order valence-electron chi connectivity index (χ2n) is 2.97. The van der Waals surface area contributed by atoms with Gasteiger partial charge in [-0.1, -0.05) is 5.16 Å². The Morgan fingerprint density at radius 3 is 3.06 bits per heavy atom. The third-order valence-electron chi connectivity index (χ3n) is 1.90. The number of nitrogen functional groups attached to an aromatic ring is 1. The van der Waals surface area contributed by atoms with Crippen LogP contribution in [-0.4, -0.2) is 21.0 Å². The van der Waals surface area contributed by atoms with Crippen LogP contribution in [0.2, 0.25) is 0 Å². The molecule has 0 aliphatic rings. The van der Waals surface area contributed by atoms with Gasteiger partial charge in [0.1, 0.15) is 5.82 Å². The van der Waals surface area contributed by atoms with Crippen molar-refractivity contribution in [3.05, 3.63) is 36.1 Å².